The first-order valence-electron chi connectivity index (χ1n) is 11.1. The van der Waals surface area contributed by atoms with Gasteiger partial charge in [-0.2, -0.15) is 0 Å². The molecule has 0 radical (unpaired) electrons. The Balaban J connectivity index is 1.73. The standard InChI is InChI=1S/C26H28N4O4/c1-17-14-29(26(33)28(3)18(2)31)16-23-25(17)21-9-4-5-10-22(21)30(23)15-20-8-6-7-19(13-20)11-12-24(32)27-34/h4-13,17,34H,14-16H2,1-3H3,(H,27,32)/b12-11+. The lowest BCUT2D eigenvalue weighted by Crippen LogP contribution is -2.46. The first-order valence-corrected chi connectivity index (χ1v) is 11.1. The highest BCUT2D eigenvalue weighted by molar-refractivity contribution is 5.93. The van der Waals surface area contributed by atoms with E-state index >= 15 is 0 Å². The fraction of sp³-hybridized carbons (Fsp3) is 0.269. The molecule has 0 saturated heterocycles. The summed E-state index contributed by atoms with van der Waals surface area (Å²) < 4.78 is 2.23. The number of hydroxylamine groups is 1. The van der Waals surface area contributed by atoms with Crippen molar-refractivity contribution in [2.45, 2.75) is 32.9 Å². The van der Waals surface area contributed by atoms with Crippen LogP contribution in [0.25, 0.3) is 17.0 Å². The molecule has 1 unspecified atom stereocenters. The first kappa shape index (κ1) is 23.3. The zero-order chi connectivity index (χ0) is 24.4. The van der Waals surface area contributed by atoms with E-state index in [1.165, 1.54) is 31.0 Å². The molecule has 4 rings (SSSR count). The van der Waals surface area contributed by atoms with Crippen LogP contribution in [-0.4, -0.2) is 51.0 Å². The Morgan fingerprint density at radius 3 is 2.68 bits per heavy atom. The van der Waals surface area contributed by atoms with Crippen LogP contribution < -0.4 is 5.48 Å². The summed E-state index contributed by atoms with van der Waals surface area (Å²) in [5.74, 6) is -0.764. The number of benzene rings is 2. The van der Waals surface area contributed by atoms with Crippen LogP contribution in [0.1, 0.15) is 42.1 Å². The smallest absolute Gasteiger partial charge is 0.326 e. The van der Waals surface area contributed by atoms with Gasteiger partial charge in [-0.1, -0.05) is 43.3 Å². The van der Waals surface area contributed by atoms with Crippen LogP contribution in [0.3, 0.4) is 0 Å². The molecule has 2 heterocycles. The van der Waals surface area contributed by atoms with Crippen molar-refractivity contribution in [2.24, 2.45) is 0 Å². The van der Waals surface area contributed by atoms with Gasteiger partial charge in [0.05, 0.1) is 6.54 Å². The summed E-state index contributed by atoms with van der Waals surface area (Å²) in [6.45, 7) is 5.05. The molecular formula is C26H28N4O4. The van der Waals surface area contributed by atoms with Gasteiger partial charge in [-0.3, -0.25) is 19.7 Å². The molecule has 8 heteroatoms. The van der Waals surface area contributed by atoms with Gasteiger partial charge in [0, 0.05) is 55.7 Å². The normalized spacial score (nSPS) is 15.4. The Labute approximate surface area is 198 Å². The molecule has 8 nitrogen and oxygen atoms in total. The third-order valence-corrected chi connectivity index (χ3v) is 6.31. The summed E-state index contributed by atoms with van der Waals surface area (Å²) in [7, 11) is 1.51. The van der Waals surface area contributed by atoms with Crippen molar-refractivity contribution >= 4 is 34.8 Å². The molecule has 4 amide bonds. The van der Waals surface area contributed by atoms with Gasteiger partial charge in [-0.15, -0.1) is 0 Å². The Morgan fingerprint density at radius 1 is 1.18 bits per heavy atom. The monoisotopic (exact) mass is 460 g/mol. The van der Waals surface area contributed by atoms with Crippen LogP contribution in [0.15, 0.2) is 54.6 Å². The topological polar surface area (TPSA) is 94.9 Å². The molecule has 2 aromatic carbocycles. The number of hydrogen-bond donors (Lipinski definition) is 2. The number of hydrogen-bond acceptors (Lipinski definition) is 4. The van der Waals surface area contributed by atoms with Crippen molar-refractivity contribution in [1.29, 1.82) is 0 Å². The number of urea groups is 1. The second-order valence-corrected chi connectivity index (χ2v) is 8.66. The zero-order valence-electron chi connectivity index (χ0n) is 19.5. The number of imide groups is 1. The third-order valence-electron chi connectivity index (χ3n) is 6.31. The van der Waals surface area contributed by atoms with Gasteiger partial charge in [0.2, 0.25) is 5.91 Å². The predicted molar refractivity (Wildman–Crippen MR) is 129 cm³/mol. The summed E-state index contributed by atoms with van der Waals surface area (Å²) in [6, 6.07) is 15.8. The van der Waals surface area contributed by atoms with E-state index < -0.39 is 5.91 Å². The summed E-state index contributed by atoms with van der Waals surface area (Å²) in [5.41, 5.74) is 6.84. The molecule has 1 aliphatic heterocycles. The van der Waals surface area contributed by atoms with Crippen LogP contribution in [-0.2, 0) is 22.7 Å². The molecule has 34 heavy (non-hydrogen) atoms. The number of nitrogens with one attached hydrogen (secondary N) is 1. The number of amides is 4. The van der Waals surface area contributed by atoms with Crippen molar-refractivity contribution < 1.29 is 19.6 Å². The van der Waals surface area contributed by atoms with Crippen molar-refractivity contribution in [3.05, 3.63) is 77.0 Å². The SMILES string of the molecule is CC(=O)N(C)C(=O)N1Cc2c(c3ccccc3n2Cc2cccc(/C=C/C(=O)NO)c2)C(C)C1. The molecule has 0 fully saturated rings. The van der Waals surface area contributed by atoms with E-state index in [1.54, 1.807) is 16.5 Å². The maximum Gasteiger partial charge on any atom is 0.326 e. The highest BCUT2D eigenvalue weighted by atomic mass is 16.5. The minimum atomic E-state index is -0.592. The number of fused-ring (bicyclic) bond motifs is 3. The average Bonchev–Trinajstić information content (AvgIpc) is 3.15. The molecule has 1 atom stereocenters. The molecule has 1 aromatic heterocycles. The van der Waals surface area contributed by atoms with Gasteiger partial charge in [-0.05, 0) is 34.9 Å². The number of aromatic nitrogens is 1. The summed E-state index contributed by atoms with van der Waals surface area (Å²) in [5, 5.41) is 9.87. The molecule has 1 aliphatic rings. The molecule has 0 aliphatic carbocycles. The lowest BCUT2D eigenvalue weighted by Gasteiger charge is -2.34. The lowest BCUT2D eigenvalue weighted by molar-refractivity contribution is -0.125. The number of carbonyl (C=O) groups excluding carboxylic acids is 3. The Morgan fingerprint density at radius 2 is 1.94 bits per heavy atom. The fourth-order valence-electron chi connectivity index (χ4n) is 4.63. The number of nitrogens with zero attached hydrogens (tertiary/aromatic N) is 3. The summed E-state index contributed by atoms with van der Waals surface area (Å²) in [4.78, 5) is 38.9. The Hall–Kier alpha value is -3.91. The Bertz CT molecular complexity index is 1290. The number of carbonyl (C=O) groups is 3. The van der Waals surface area contributed by atoms with Crippen molar-refractivity contribution in [2.75, 3.05) is 13.6 Å². The Kier molecular flexibility index (Phi) is 6.51. The fourth-order valence-corrected chi connectivity index (χ4v) is 4.63. The van der Waals surface area contributed by atoms with Gasteiger partial charge >= 0.3 is 6.03 Å². The lowest BCUT2D eigenvalue weighted by atomic mass is 9.93. The summed E-state index contributed by atoms with van der Waals surface area (Å²) in [6.07, 6.45) is 2.90. The second kappa shape index (κ2) is 9.52. The van der Waals surface area contributed by atoms with Crippen LogP contribution in [0, 0.1) is 0 Å². The first-order chi connectivity index (χ1) is 16.3. The van der Waals surface area contributed by atoms with Gasteiger partial charge in [0.1, 0.15) is 0 Å². The number of para-hydroxylation sites is 1. The minimum Gasteiger partial charge on any atom is -0.338 e. The molecule has 3 aromatic rings. The largest absolute Gasteiger partial charge is 0.338 e. The van der Waals surface area contributed by atoms with E-state index in [1.807, 2.05) is 36.4 Å². The zero-order valence-corrected chi connectivity index (χ0v) is 19.5. The molecule has 0 spiro atoms. The van der Waals surface area contributed by atoms with Crippen molar-refractivity contribution in [3.8, 4) is 0 Å². The van der Waals surface area contributed by atoms with Gasteiger partial charge in [0.15, 0.2) is 0 Å². The maximum atomic E-state index is 12.9. The molecule has 0 saturated carbocycles. The molecular weight excluding hydrogens is 432 g/mol. The van der Waals surface area contributed by atoms with E-state index in [-0.39, 0.29) is 17.9 Å². The summed E-state index contributed by atoms with van der Waals surface area (Å²) >= 11 is 0. The van der Waals surface area contributed by atoms with Crippen molar-refractivity contribution in [3.63, 3.8) is 0 Å². The number of rotatable bonds is 4. The second-order valence-electron chi connectivity index (χ2n) is 8.66. The molecule has 2 N–H and O–H groups in total. The highest BCUT2D eigenvalue weighted by Gasteiger charge is 2.32. The average molecular weight is 461 g/mol. The molecule has 0 bridgehead atoms. The highest BCUT2D eigenvalue weighted by Crippen LogP contribution is 2.37. The van der Waals surface area contributed by atoms with E-state index in [0.29, 0.717) is 19.6 Å². The van der Waals surface area contributed by atoms with Crippen molar-refractivity contribution in [1.82, 2.24) is 19.8 Å². The van der Waals surface area contributed by atoms with E-state index in [2.05, 4.69) is 23.6 Å². The minimum absolute atomic E-state index is 0.116. The van der Waals surface area contributed by atoms with E-state index in [0.717, 1.165) is 27.2 Å². The van der Waals surface area contributed by atoms with Crippen LogP contribution in [0.5, 0.6) is 0 Å². The molecule has 176 valence electrons. The van der Waals surface area contributed by atoms with Gasteiger partial charge in [0.25, 0.3) is 5.91 Å². The van der Waals surface area contributed by atoms with E-state index in [4.69, 9.17) is 5.21 Å². The third kappa shape index (κ3) is 4.45. The predicted octanol–water partition coefficient (Wildman–Crippen LogP) is 3.73. The quantitative estimate of drug-likeness (QED) is 0.352. The van der Waals surface area contributed by atoms with Gasteiger partial charge in [-0.25, -0.2) is 10.3 Å². The van der Waals surface area contributed by atoms with Gasteiger partial charge < -0.3 is 9.47 Å². The van der Waals surface area contributed by atoms with Crippen LogP contribution in [0.4, 0.5) is 4.79 Å². The maximum absolute atomic E-state index is 12.9. The van der Waals surface area contributed by atoms with Crippen LogP contribution in [0.2, 0.25) is 0 Å². The van der Waals surface area contributed by atoms with E-state index in [9.17, 15) is 14.4 Å². The van der Waals surface area contributed by atoms with Crippen LogP contribution >= 0.6 is 0 Å².